The molecule has 2 N–H and O–H groups in total. The predicted molar refractivity (Wildman–Crippen MR) is 77.8 cm³/mol. The number of nitrogens with one attached hydrogen (secondary N) is 2. The van der Waals surface area contributed by atoms with Crippen LogP contribution in [-0.4, -0.2) is 6.03 Å². The summed E-state index contributed by atoms with van der Waals surface area (Å²) in [5, 5.41) is 5.87. The summed E-state index contributed by atoms with van der Waals surface area (Å²) in [5.41, 5.74) is 1.26. The van der Waals surface area contributed by atoms with E-state index in [-0.39, 0.29) is 6.03 Å². The average Bonchev–Trinajstić information content (AvgIpc) is 2.35. The van der Waals surface area contributed by atoms with Crippen LogP contribution in [0.3, 0.4) is 0 Å². The first-order chi connectivity index (χ1) is 8.65. The number of hydrogen-bond donors (Lipinski definition) is 3. The van der Waals surface area contributed by atoms with E-state index in [9.17, 15) is 4.79 Å². The molecule has 2 amide bonds. The quantitative estimate of drug-likeness (QED) is 0.706. The Kier molecular flexibility index (Phi) is 4.12. The van der Waals surface area contributed by atoms with Crippen LogP contribution in [0.2, 0.25) is 5.02 Å². The summed E-state index contributed by atoms with van der Waals surface area (Å²) in [6.07, 6.45) is 0. The number of thiol groups is 1. The summed E-state index contributed by atoms with van der Waals surface area (Å²) in [6, 6.07) is 13.9. The molecule has 2 aromatic carbocycles. The molecule has 3 nitrogen and oxygen atoms in total. The Morgan fingerprint density at radius 3 is 2.33 bits per heavy atom. The topological polar surface area (TPSA) is 41.1 Å². The molecule has 92 valence electrons. The van der Waals surface area contributed by atoms with Crippen molar-refractivity contribution in [3.63, 3.8) is 0 Å². The van der Waals surface area contributed by atoms with Gasteiger partial charge in [0.15, 0.2) is 0 Å². The van der Waals surface area contributed by atoms with Crippen molar-refractivity contribution < 1.29 is 4.79 Å². The standard InChI is InChI=1S/C13H11ClN2OS/c14-11-3-1-2-4-12(11)16-13(17)15-9-5-7-10(18)8-6-9/h1-8,18H,(H2,15,16,17). The summed E-state index contributed by atoms with van der Waals surface area (Å²) in [4.78, 5) is 12.6. The van der Waals surface area contributed by atoms with Crippen molar-refractivity contribution in [2.75, 3.05) is 10.6 Å². The second-order valence-electron chi connectivity index (χ2n) is 3.61. The van der Waals surface area contributed by atoms with E-state index in [1.165, 1.54) is 0 Å². The van der Waals surface area contributed by atoms with Gasteiger partial charge in [0.1, 0.15) is 0 Å². The predicted octanol–water partition coefficient (Wildman–Crippen LogP) is 4.27. The number of carbonyl (C=O) groups is 1. The second-order valence-corrected chi connectivity index (χ2v) is 4.53. The molecule has 0 saturated carbocycles. The number of carbonyl (C=O) groups excluding carboxylic acids is 1. The average molecular weight is 279 g/mol. The molecular weight excluding hydrogens is 268 g/mol. The summed E-state index contributed by atoms with van der Waals surface area (Å²) in [6.45, 7) is 0. The number of halogens is 1. The van der Waals surface area contributed by atoms with Crippen LogP contribution in [0.25, 0.3) is 0 Å². The molecule has 2 rings (SSSR count). The Labute approximate surface area is 116 Å². The lowest BCUT2D eigenvalue weighted by atomic mass is 10.3. The molecular formula is C13H11ClN2OS. The Morgan fingerprint density at radius 1 is 1.00 bits per heavy atom. The first-order valence-corrected chi connectivity index (χ1v) is 6.09. The molecule has 2 aromatic rings. The van der Waals surface area contributed by atoms with Gasteiger partial charge in [-0.05, 0) is 36.4 Å². The molecule has 0 unspecified atom stereocenters. The Bertz CT molecular complexity index is 557. The smallest absolute Gasteiger partial charge is 0.308 e. The lowest BCUT2D eigenvalue weighted by Gasteiger charge is -2.08. The summed E-state index contributed by atoms with van der Waals surface area (Å²) >= 11 is 10.1. The van der Waals surface area contributed by atoms with Gasteiger partial charge in [-0.2, -0.15) is 0 Å². The zero-order valence-electron chi connectivity index (χ0n) is 9.35. The largest absolute Gasteiger partial charge is 0.323 e. The van der Waals surface area contributed by atoms with E-state index in [0.29, 0.717) is 16.4 Å². The second kappa shape index (κ2) is 5.80. The van der Waals surface area contributed by atoms with Gasteiger partial charge in [0, 0.05) is 10.6 Å². The molecule has 0 aliphatic rings. The lowest BCUT2D eigenvalue weighted by Crippen LogP contribution is -2.19. The summed E-state index contributed by atoms with van der Waals surface area (Å²) in [5.74, 6) is 0. The van der Waals surface area contributed by atoms with Crippen LogP contribution < -0.4 is 10.6 Å². The molecule has 0 spiro atoms. The van der Waals surface area contributed by atoms with Gasteiger partial charge < -0.3 is 10.6 Å². The first-order valence-electron chi connectivity index (χ1n) is 5.27. The maximum absolute atomic E-state index is 11.7. The van der Waals surface area contributed by atoms with Crippen LogP contribution in [0, 0.1) is 0 Å². The maximum Gasteiger partial charge on any atom is 0.323 e. The number of hydrogen-bond acceptors (Lipinski definition) is 2. The minimum Gasteiger partial charge on any atom is -0.308 e. The van der Waals surface area contributed by atoms with Crippen molar-refractivity contribution >= 4 is 41.6 Å². The van der Waals surface area contributed by atoms with Crippen molar-refractivity contribution in [1.82, 2.24) is 0 Å². The third kappa shape index (κ3) is 3.42. The molecule has 0 aliphatic heterocycles. The van der Waals surface area contributed by atoms with Gasteiger partial charge in [-0.3, -0.25) is 0 Å². The number of urea groups is 1. The molecule has 0 aromatic heterocycles. The maximum atomic E-state index is 11.7. The van der Waals surface area contributed by atoms with Crippen LogP contribution >= 0.6 is 24.2 Å². The number of para-hydroxylation sites is 1. The van der Waals surface area contributed by atoms with Gasteiger partial charge in [0.25, 0.3) is 0 Å². The Morgan fingerprint density at radius 2 is 1.67 bits per heavy atom. The summed E-state index contributed by atoms with van der Waals surface area (Å²) in [7, 11) is 0. The van der Waals surface area contributed by atoms with E-state index >= 15 is 0 Å². The molecule has 18 heavy (non-hydrogen) atoms. The lowest BCUT2D eigenvalue weighted by molar-refractivity contribution is 0.262. The van der Waals surface area contributed by atoms with Gasteiger partial charge in [0.2, 0.25) is 0 Å². The van der Waals surface area contributed by atoms with Crippen molar-refractivity contribution in [2.24, 2.45) is 0 Å². The fraction of sp³-hybridized carbons (Fsp3) is 0. The third-order valence-electron chi connectivity index (χ3n) is 2.25. The first kappa shape index (κ1) is 12.8. The van der Waals surface area contributed by atoms with E-state index in [0.717, 1.165) is 4.90 Å². The molecule has 0 bridgehead atoms. The highest BCUT2D eigenvalue weighted by atomic mass is 35.5. The fourth-order valence-electron chi connectivity index (χ4n) is 1.39. The monoisotopic (exact) mass is 278 g/mol. The molecule has 0 aliphatic carbocycles. The van der Waals surface area contributed by atoms with Crippen LogP contribution in [0.15, 0.2) is 53.4 Å². The van der Waals surface area contributed by atoms with Gasteiger partial charge in [-0.15, -0.1) is 12.6 Å². The molecule has 0 fully saturated rings. The molecule has 0 heterocycles. The normalized spacial score (nSPS) is 9.89. The SMILES string of the molecule is O=C(Nc1ccc(S)cc1)Nc1ccccc1Cl. The Hall–Kier alpha value is -1.65. The van der Waals surface area contributed by atoms with Crippen LogP contribution in [0.1, 0.15) is 0 Å². The van der Waals surface area contributed by atoms with Gasteiger partial charge >= 0.3 is 6.03 Å². The number of amides is 2. The molecule has 5 heteroatoms. The number of benzene rings is 2. The number of rotatable bonds is 2. The third-order valence-corrected chi connectivity index (χ3v) is 2.87. The van der Waals surface area contributed by atoms with Crippen LogP contribution in [0.4, 0.5) is 16.2 Å². The van der Waals surface area contributed by atoms with Gasteiger partial charge in [0.05, 0.1) is 10.7 Å². The molecule has 0 saturated heterocycles. The minimum absolute atomic E-state index is 0.338. The van der Waals surface area contributed by atoms with E-state index in [4.69, 9.17) is 11.6 Å². The van der Waals surface area contributed by atoms with Gasteiger partial charge in [-0.1, -0.05) is 23.7 Å². The fourth-order valence-corrected chi connectivity index (χ4v) is 1.72. The van der Waals surface area contributed by atoms with E-state index in [1.807, 2.05) is 0 Å². The highest BCUT2D eigenvalue weighted by molar-refractivity contribution is 7.80. The zero-order chi connectivity index (χ0) is 13.0. The van der Waals surface area contributed by atoms with Crippen LogP contribution in [0.5, 0.6) is 0 Å². The van der Waals surface area contributed by atoms with Crippen molar-refractivity contribution in [2.45, 2.75) is 4.90 Å². The minimum atomic E-state index is -0.338. The highest BCUT2D eigenvalue weighted by Crippen LogP contribution is 2.20. The highest BCUT2D eigenvalue weighted by Gasteiger charge is 2.04. The van der Waals surface area contributed by atoms with Crippen LogP contribution in [-0.2, 0) is 0 Å². The Balaban J connectivity index is 2.01. The van der Waals surface area contributed by atoms with Crippen molar-refractivity contribution in [3.8, 4) is 0 Å². The van der Waals surface area contributed by atoms with E-state index < -0.39 is 0 Å². The van der Waals surface area contributed by atoms with Gasteiger partial charge in [-0.25, -0.2) is 4.79 Å². The zero-order valence-corrected chi connectivity index (χ0v) is 11.0. The number of anilines is 2. The summed E-state index contributed by atoms with van der Waals surface area (Å²) < 4.78 is 0. The van der Waals surface area contributed by atoms with Crippen molar-refractivity contribution in [1.29, 1.82) is 0 Å². The van der Waals surface area contributed by atoms with E-state index in [1.54, 1.807) is 48.5 Å². The van der Waals surface area contributed by atoms with E-state index in [2.05, 4.69) is 23.3 Å². The molecule has 0 radical (unpaired) electrons. The van der Waals surface area contributed by atoms with Crippen molar-refractivity contribution in [3.05, 3.63) is 53.6 Å². The molecule has 0 atom stereocenters.